The second-order valence-electron chi connectivity index (χ2n) is 8.78. The maximum Gasteiger partial charge on any atom is 0.254 e. The largest absolute Gasteiger partial charge is 0.497 e. The zero-order chi connectivity index (χ0) is 22.4. The zero-order valence-electron chi connectivity index (χ0n) is 19.0. The Morgan fingerprint density at radius 3 is 2.48 bits per heavy atom. The van der Waals surface area contributed by atoms with Gasteiger partial charge in [0.2, 0.25) is 0 Å². The number of ether oxygens (including phenoxy) is 1. The predicted molar refractivity (Wildman–Crippen MR) is 127 cm³/mol. The molecule has 4 nitrogen and oxygen atoms in total. The fourth-order valence-corrected chi connectivity index (χ4v) is 3.58. The Labute approximate surface area is 185 Å². The smallest absolute Gasteiger partial charge is 0.254 e. The molecule has 0 bridgehead atoms. The average molecular weight is 417 g/mol. The third-order valence-electron chi connectivity index (χ3n) is 5.40. The van der Waals surface area contributed by atoms with Crippen LogP contribution in [0.15, 0.2) is 79.5 Å². The molecule has 0 saturated carbocycles. The molecule has 0 aliphatic rings. The molecule has 1 amide bonds. The number of carbonyl (C=O) groups excluding carboxylic acids is 1. The summed E-state index contributed by atoms with van der Waals surface area (Å²) < 4.78 is 7.50. The van der Waals surface area contributed by atoms with Crippen LogP contribution in [0.5, 0.6) is 5.75 Å². The van der Waals surface area contributed by atoms with Crippen molar-refractivity contribution in [2.24, 2.45) is 0 Å². The van der Waals surface area contributed by atoms with Crippen LogP contribution < -0.4 is 4.74 Å². The van der Waals surface area contributed by atoms with Crippen molar-refractivity contribution < 1.29 is 9.53 Å². The molecule has 0 aliphatic heterocycles. The third kappa shape index (κ3) is 5.66. The van der Waals surface area contributed by atoms with Gasteiger partial charge in [0.1, 0.15) is 5.75 Å². The number of amides is 1. The van der Waals surface area contributed by atoms with Gasteiger partial charge < -0.3 is 14.2 Å². The molecule has 0 saturated heterocycles. The minimum Gasteiger partial charge on any atom is -0.497 e. The number of hydrogen-bond acceptors (Lipinski definition) is 2. The monoisotopic (exact) mass is 416 g/mol. The molecular formula is C27H32N2O2. The molecule has 0 N–H and O–H groups in total. The van der Waals surface area contributed by atoms with Crippen LogP contribution in [-0.2, 0) is 18.5 Å². The lowest BCUT2D eigenvalue weighted by molar-refractivity contribution is 0.0759. The van der Waals surface area contributed by atoms with Crippen molar-refractivity contribution >= 4 is 5.91 Å². The van der Waals surface area contributed by atoms with Crippen molar-refractivity contribution in [3.05, 3.63) is 102 Å². The van der Waals surface area contributed by atoms with E-state index in [9.17, 15) is 4.79 Å². The fraction of sp³-hybridized carbons (Fsp3) is 0.296. The lowest BCUT2D eigenvalue weighted by Gasteiger charge is -2.23. The number of methoxy groups -OCH3 is 1. The summed E-state index contributed by atoms with van der Waals surface area (Å²) >= 11 is 0. The second kappa shape index (κ2) is 9.69. The average Bonchev–Trinajstić information content (AvgIpc) is 3.19. The lowest BCUT2D eigenvalue weighted by Crippen LogP contribution is -2.31. The Bertz CT molecular complexity index is 1030. The molecule has 2 aromatic carbocycles. The molecular weight excluding hydrogens is 384 g/mol. The molecule has 1 heterocycles. The number of carbonyl (C=O) groups is 1. The van der Waals surface area contributed by atoms with Crippen LogP contribution in [0.1, 0.15) is 48.0 Å². The van der Waals surface area contributed by atoms with Gasteiger partial charge in [0.15, 0.2) is 0 Å². The molecule has 0 unspecified atom stereocenters. The van der Waals surface area contributed by atoms with Crippen LogP contribution in [0.2, 0.25) is 0 Å². The Morgan fingerprint density at radius 1 is 1.10 bits per heavy atom. The number of benzene rings is 2. The van der Waals surface area contributed by atoms with E-state index in [1.54, 1.807) is 13.2 Å². The first-order valence-corrected chi connectivity index (χ1v) is 10.6. The summed E-state index contributed by atoms with van der Waals surface area (Å²) in [5, 5.41) is 0. The highest BCUT2D eigenvalue weighted by molar-refractivity contribution is 5.94. The Hall–Kier alpha value is -3.27. The first kappa shape index (κ1) is 22.4. The second-order valence-corrected chi connectivity index (χ2v) is 8.78. The quantitative estimate of drug-likeness (QED) is 0.443. The maximum absolute atomic E-state index is 13.2. The predicted octanol–water partition coefficient (Wildman–Crippen LogP) is 5.67. The highest BCUT2D eigenvalue weighted by Crippen LogP contribution is 2.23. The van der Waals surface area contributed by atoms with Gasteiger partial charge in [-0.25, -0.2) is 0 Å². The normalized spacial score (nSPS) is 11.2. The maximum atomic E-state index is 13.2. The standard InChI is InChI=1S/C27H32N2O2/c1-6-16-29(26(30)22-12-14-23(15-13-22)27(2,3)4)20-24-10-8-17-28(24)19-21-9-7-11-25(18-21)31-5/h6-15,17-18H,1,16,19-20H2,2-5H3. The summed E-state index contributed by atoms with van der Waals surface area (Å²) in [4.78, 5) is 15.1. The van der Waals surface area contributed by atoms with Gasteiger partial charge in [-0.1, -0.05) is 51.1 Å². The minimum atomic E-state index is 0.00879. The van der Waals surface area contributed by atoms with Gasteiger partial charge >= 0.3 is 0 Å². The van der Waals surface area contributed by atoms with Crippen molar-refractivity contribution in [1.82, 2.24) is 9.47 Å². The topological polar surface area (TPSA) is 34.5 Å². The minimum absolute atomic E-state index is 0.00879. The van der Waals surface area contributed by atoms with E-state index in [0.717, 1.165) is 23.6 Å². The van der Waals surface area contributed by atoms with E-state index in [2.05, 4.69) is 44.0 Å². The molecule has 1 aromatic heterocycles. The highest BCUT2D eigenvalue weighted by Gasteiger charge is 2.19. The number of hydrogen-bond donors (Lipinski definition) is 0. The van der Waals surface area contributed by atoms with Crippen molar-refractivity contribution in [2.45, 2.75) is 39.3 Å². The van der Waals surface area contributed by atoms with Gasteiger partial charge in [-0.15, -0.1) is 6.58 Å². The van der Waals surface area contributed by atoms with Gasteiger partial charge in [0.05, 0.1) is 13.7 Å². The van der Waals surface area contributed by atoms with Crippen LogP contribution >= 0.6 is 0 Å². The summed E-state index contributed by atoms with van der Waals surface area (Å²) in [5.74, 6) is 0.850. The zero-order valence-corrected chi connectivity index (χ0v) is 19.0. The van der Waals surface area contributed by atoms with Crippen LogP contribution in [0.25, 0.3) is 0 Å². The van der Waals surface area contributed by atoms with Crippen LogP contribution in [-0.4, -0.2) is 29.0 Å². The summed E-state index contributed by atoms with van der Waals surface area (Å²) in [7, 11) is 1.67. The Morgan fingerprint density at radius 2 is 1.84 bits per heavy atom. The number of rotatable bonds is 8. The van der Waals surface area contributed by atoms with Crippen LogP contribution in [0, 0.1) is 0 Å². The van der Waals surface area contributed by atoms with Gasteiger partial charge in [0, 0.05) is 30.5 Å². The van der Waals surface area contributed by atoms with Gasteiger partial charge in [-0.3, -0.25) is 4.79 Å². The van der Waals surface area contributed by atoms with Crippen LogP contribution in [0.3, 0.4) is 0 Å². The fourth-order valence-electron chi connectivity index (χ4n) is 3.58. The molecule has 0 atom stereocenters. The summed E-state index contributed by atoms with van der Waals surface area (Å²) in [6, 6.07) is 20.1. The van der Waals surface area contributed by atoms with Crippen LogP contribution in [0.4, 0.5) is 0 Å². The van der Waals surface area contributed by atoms with Gasteiger partial charge in [-0.05, 0) is 52.9 Å². The molecule has 3 aromatic rings. The van der Waals surface area contributed by atoms with Gasteiger partial charge in [-0.2, -0.15) is 0 Å². The summed E-state index contributed by atoms with van der Waals surface area (Å²) in [5.41, 5.74) is 4.19. The molecule has 0 radical (unpaired) electrons. The van der Waals surface area contributed by atoms with E-state index in [1.165, 1.54) is 5.56 Å². The summed E-state index contributed by atoms with van der Waals surface area (Å²) in [6.07, 6.45) is 3.82. The van der Waals surface area contributed by atoms with Crippen molar-refractivity contribution in [2.75, 3.05) is 13.7 Å². The SMILES string of the molecule is C=CCN(Cc1cccn1Cc1cccc(OC)c1)C(=O)c1ccc(C(C)(C)C)cc1. The third-order valence-corrected chi connectivity index (χ3v) is 5.40. The first-order chi connectivity index (χ1) is 14.8. The van der Waals surface area contributed by atoms with E-state index >= 15 is 0 Å². The Balaban J connectivity index is 1.78. The molecule has 3 rings (SSSR count). The van der Waals surface area contributed by atoms with Crippen molar-refractivity contribution in [3.63, 3.8) is 0 Å². The van der Waals surface area contributed by atoms with Gasteiger partial charge in [0.25, 0.3) is 5.91 Å². The van der Waals surface area contributed by atoms with E-state index in [-0.39, 0.29) is 11.3 Å². The van der Waals surface area contributed by atoms with E-state index in [4.69, 9.17) is 4.74 Å². The van der Waals surface area contributed by atoms with Crippen molar-refractivity contribution in [3.8, 4) is 5.75 Å². The molecule has 0 spiro atoms. The number of nitrogens with zero attached hydrogens (tertiary/aromatic N) is 2. The Kier molecular flexibility index (Phi) is 7.01. The molecule has 31 heavy (non-hydrogen) atoms. The van der Waals surface area contributed by atoms with Crippen molar-refractivity contribution in [1.29, 1.82) is 0 Å². The highest BCUT2D eigenvalue weighted by atomic mass is 16.5. The molecule has 0 aliphatic carbocycles. The lowest BCUT2D eigenvalue weighted by atomic mass is 9.86. The summed E-state index contributed by atoms with van der Waals surface area (Å²) in [6.45, 7) is 12.1. The van der Waals surface area contributed by atoms with E-state index in [1.807, 2.05) is 59.6 Å². The molecule has 4 heteroatoms. The number of aromatic nitrogens is 1. The van der Waals surface area contributed by atoms with E-state index < -0.39 is 0 Å². The first-order valence-electron chi connectivity index (χ1n) is 10.6. The molecule has 162 valence electrons. The molecule has 0 fully saturated rings. The van der Waals surface area contributed by atoms with E-state index in [0.29, 0.717) is 18.7 Å².